The monoisotopic (exact) mass is 328 g/mol. The molecule has 1 aliphatic rings. The number of aromatic amines is 1. The van der Waals surface area contributed by atoms with Crippen molar-refractivity contribution < 1.29 is 14.4 Å². The molecule has 3 rings (SSSR count). The molecule has 1 aromatic heterocycles. The third kappa shape index (κ3) is 3.24. The molecule has 1 fully saturated rings. The van der Waals surface area contributed by atoms with E-state index in [0.717, 1.165) is 21.4 Å². The summed E-state index contributed by atoms with van der Waals surface area (Å²) in [5.41, 5.74) is 1.97. The molecule has 1 atom stereocenters. The van der Waals surface area contributed by atoms with E-state index in [2.05, 4.69) is 15.6 Å². The number of hydrogen-bond acceptors (Lipinski definition) is 3. The van der Waals surface area contributed by atoms with E-state index < -0.39 is 12.1 Å². The van der Waals surface area contributed by atoms with Crippen molar-refractivity contribution in [1.29, 1.82) is 0 Å². The highest BCUT2D eigenvalue weighted by Crippen LogP contribution is 2.14. The van der Waals surface area contributed by atoms with Crippen LogP contribution in [0.3, 0.4) is 0 Å². The van der Waals surface area contributed by atoms with Gasteiger partial charge in [0.1, 0.15) is 6.04 Å². The van der Waals surface area contributed by atoms with E-state index in [0.29, 0.717) is 19.5 Å². The summed E-state index contributed by atoms with van der Waals surface area (Å²) in [4.78, 5) is 40.1. The fourth-order valence-electron chi connectivity index (χ4n) is 2.81. The summed E-state index contributed by atoms with van der Waals surface area (Å²) in [6.07, 6.45) is 2.51. The number of urea groups is 1. The molecule has 2 heterocycles. The van der Waals surface area contributed by atoms with Crippen LogP contribution in [0.5, 0.6) is 0 Å². The van der Waals surface area contributed by atoms with E-state index in [1.807, 2.05) is 37.4 Å². The number of H-pyrrole nitrogens is 1. The largest absolute Gasteiger partial charge is 0.361 e. The summed E-state index contributed by atoms with van der Waals surface area (Å²) < 4.78 is 0. The fourth-order valence-corrected chi connectivity index (χ4v) is 2.81. The third-order valence-electron chi connectivity index (χ3n) is 4.05. The number of benzene rings is 1. The van der Waals surface area contributed by atoms with Crippen molar-refractivity contribution in [2.24, 2.45) is 0 Å². The van der Waals surface area contributed by atoms with Gasteiger partial charge < -0.3 is 15.6 Å². The number of amides is 4. The van der Waals surface area contributed by atoms with Gasteiger partial charge in [-0.05, 0) is 29.5 Å². The van der Waals surface area contributed by atoms with E-state index in [1.54, 1.807) is 0 Å². The second-order valence-electron chi connectivity index (χ2n) is 5.87. The van der Waals surface area contributed by atoms with Gasteiger partial charge in [-0.2, -0.15) is 0 Å². The van der Waals surface area contributed by atoms with Gasteiger partial charge in [0.15, 0.2) is 0 Å². The summed E-state index contributed by atoms with van der Waals surface area (Å²) in [6, 6.07) is 6.69. The van der Waals surface area contributed by atoms with Crippen molar-refractivity contribution >= 4 is 28.7 Å². The van der Waals surface area contributed by atoms with Gasteiger partial charge >= 0.3 is 6.03 Å². The minimum Gasteiger partial charge on any atom is -0.361 e. The lowest BCUT2D eigenvalue weighted by atomic mass is 10.1. The van der Waals surface area contributed by atoms with Crippen LogP contribution in [0.2, 0.25) is 0 Å². The summed E-state index contributed by atoms with van der Waals surface area (Å²) >= 11 is 0. The molecular weight excluding hydrogens is 308 g/mol. The summed E-state index contributed by atoms with van der Waals surface area (Å²) in [6.45, 7) is 2.64. The Labute approximate surface area is 139 Å². The summed E-state index contributed by atoms with van der Waals surface area (Å²) in [7, 11) is 0. The van der Waals surface area contributed by atoms with Crippen LogP contribution < -0.4 is 10.6 Å². The Morgan fingerprint density at radius 1 is 1.29 bits per heavy atom. The maximum absolute atomic E-state index is 12.1. The number of carbonyl (C=O) groups excluding carboxylic acids is 3. The second kappa shape index (κ2) is 6.74. The molecule has 4 amide bonds. The Kier molecular flexibility index (Phi) is 4.50. The first kappa shape index (κ1) is 16.0. The van der Waals surface area contributed by atoms with E-state index in [1.165, 1.54) is 0 Å². The predicted molar refractivity (Wildman–Crippen MR) is 89.1 cm³/mol. The van der Waals surface area contributed by atoms with Gasteiger partial charge in [-0.3, -0.25) is 14.5 Å². The van der Waals surface area contributed by atoms with Crippen LogP contribution in [-0.4, -0.2) is 40.3 Å². The molecule has 126 valence electrons. The second-order valence-corrected chi connectivity index (χ2v) is 5.87. The average molecular weight is 328 g/mol. The highest BCUT2D eigenvalue weighted by atomic mass is 16.2. The topological polar surface area (TPSA) is 94.3 Å². The van der Waals surface area contributed by atoms with Crippen molar-refractivity contribution in [3.63, 3.8) is 0 Å². The molecular formula is C17H20N4O3. The average Bonchev–Trinajstić information content (AvgIpc) is 3.13. The molecule has 0 radical (unpaired) electrons. The van der Waals surface area contributed by atoms with Gasteiger partial charge in [-0.25, -0.2) is 4.79 Å². The van der Waals surface area contributed by atoms with Crippen molar-refractivity contribution in [3.8, 4) is 0 Å². The zero-order chi connectivity index (χ0) is 17.1. The smallest absolute Gasteiger partial charge is 0.324 e. The number of carbonyl (C=O) groups is 3. The molecule has 0 aliphatic carbocycles. The standard InChI is InChI=1S/C17H20N4O3/c1-2-7-21-16(23)14(20-17(21)24)9-15(22)19-10-11-3-4-12-5-6-18-13(12)8-11/h3-6,8,14,18H,2,7,9-10H2,1H3,(H,19,22)(H,20,24). The molecule has 7 nitrogen and oxygen atoms in total. The lowest BCUT2D eigenvalue weighted by molar-refractivity contribution is -0.130. The van der Waals surface area contributed by atoms with E-state index in [-0.39, 0.29) is 18.2 Å². The van der Waals surface area contributed by atoms with Gasteiger partial charge in [-0.15, -0.1) is 0 Å². The van der Waals surface area contributed by atoms with Crippen molar-refractivity contribution in [2.75, 3.05) is 6.54 Å². The Bertz CT molecular complexity index is 783. The summed E-state index contributed by atoms with van der Waals surface area (Å²) in [5, 5.41) is 6.46. The number of fused-ring (bicyclic) bond motifs is 1. The zero-order valence-electron chi connectivity index (χ0n) is 13.5. The fraction of sp³-hybridized carbons (Fsp3) is 0.353. The van der Waals surface area contributed by atoms with Crippen molar-refractivity contribution in [2.45, 2.75) is 32.4 Å². The van der Waals surface area contributed by atoms with Crippen molar-refractivity contribution in [1.82, 2.24) is 20.5 Å². The number of nitrogens with zero attached hydrogens (tertiary/aromatic N) is 1. The first-order valence-corrected chi connectivity index (χ1v) is 8.03. The van der Waals surface area contributed by atoms with Gasteiger partial charge in [0, 0.05) is 24.8 Å². The van der Waals surface area contributed by atoms with Crippen molar-refractivity contribution in [3.05, 3.63) is 36.0 Å². The third-order valence-corrected chi connectivity index (χ3v) is 4.05. The molecule has 24 heavy (non-hydrogen) atoms. The molecule has 1 saturated heterocycles. The number of hydrogen-bond donors (Lipinski definition) is 3. The van der Waals surface area contributed by atoms with Crippen LogP contribution in [-0.2, 0) is 16.1 Å². The van der Waals surface area contributed by atoms with Crippen LogP contribution >= 0.6 is 0 Å². The molecule has 0 saturated carbocycles. The first-order valence-electron chi connectivity index (χ1n) is 8.03. The summed E-state index contributed by atoms with van der Waals surface area (Å²) in [5.74, 6) is -0.594. The van der Waals surface area contributed by atoms with Gasteiger partial charge in [-0.1, -0.05) is 19.1 Å². The number of nitrogens with one attached hydrogen (secondary N) is 3. The minimum atomic E-state index is -0.769. The Hall–Kier alpha value is -2.83. The van der Waals surface area contributed by atoms with Gasteiger partial charge in [0.05, 0.1) is 6.42 Å². The molecule has 1 unspecified atom stereocenters. The molecule has 1 aliphatic heterocycles. The number of rotatable bonds is 6. The lowest BCUT2D eigenvalue weighted by Gasteiger charge is -2.11. The molecule has 1 aromatic carbocycles. The van der Waals surface area contributed by atoms with Gasteiger partial charge in [0.25, 0.3) is 5.91 Å². The Morgan fingerprint density at radius 3 is 2.92 bits per heavy atom. The highest BCUT2D eigenvalue weighted by Gasteiger charge is 2.38. The minimum absolute atomic E-state index is 0.0461. The molecule has 7 heteroatoms. The zero-order valence-corrected chi connectivity index (χ0v) is 13.5. The predicted octanol–water partition coefficient (Wildman–Crippen LogP) is 1.50. The SMILES string of the molecule is CCCN1C(=O)NC(CC(=O)NCc2ccc3cc[nH]c3c2)C1=O. The normalized spacial score (nSPS) is 17.4. The van der Waals surface area contributed by atoms with Crippen LogP contribution in [0.25, 0.3) is 10.9 Å². The van der Waals surface area contributed by atoms with E-state index in [9.17, 15) is 14.4 Å². The maximum Gasteiger partial charge on any atom is 0.324 e. The molecule has 0 spiro atoms. The number of imide groups is 1. The van der Waals surface area contributed by atoms with E-state index >= 15 is 0 Å². The molecule has 0 bridgehead atoms. The highest BCUT2D eigenvalue weighted by molar-refractivity contribution is 6.05. The Morgan fingerprint density at radius 2 is 2.12 bits per heavy atom. The maximum atomic E-state index is 12.1. The van der Waals surface area contributed by atoms with Crippen LogP contribution in [0.4, 0.5) is 4.79 Å². The number of aromatic nitrogens is 1. The van der Waals surface area contributed by atoms with Crippen LogP contribution in [0.1, 0.15) is 25.3 Å². The lowest BCUT2D eigenvalue weighted by Crippen LogP contribution is -2.36. The molecule has 2 aromatic rings. The van der Waals surface area contributed by atoms with Crippen LogP contribution in [0, 0.1) is 0 Å². The molecule has 3 N–H and O–H groups in total. The van der Waals surface area contributed by atoms with Crippen LogP contribution in [0.15, 0.2) is 30.5 Å². The first-order chi connectivity index (χ1) is 11.6. The van der Waals surface area contributed by atoms with E-state index in [4.69, 9.17) is 0 Å². The van der Waals surface area contributed by atoms with Gasteiger partial charge in [0.2, 0.25) is 5.91 Å². The quantitative estimate of drug-likeness (QED) is 0.702. The Balaban J connectivity index is 1.54.